The molecular weight excluding hydrogens is 354 g/mol. The van der Waals surface area contributed by atoms with Gasteiger partial charge in [0.15, 0.2) is 0 Å². The average Bonchev–Trinajstić information content (AvgIpc) is 3.27. The summed E-state index contributed by atoms with van der Waals surface area (Å²) in [5.74, 6) is 0.752. The second-order valence-electron chi connectivity index (χ2n) is 6.99. The summed E-state index contributed by atoms with van der Waals surface area (Å²) in [4.78, 5) is 26.0. The highest BCUT2D eigenvalue weighted by molar-refractivity contribution is 6.21. The van der Waals surface area contributed by atoms with Gasteiger partial charge in [-0.05, 0) is 44.0 Å². The molecule has 0 unspecified atom stereocenters. The topological polar surface area (TPSA) is 76.3 Å². The van der Waals surface area contributed by atoms with Gasteiger partial charge in [0.1, 0.15) is 0 Å². The summed E-state index contributed by atoms with van der Waals surface area (Å²) in [6.45, 7) is 2.46. The molecular formula is C22H21N3O3. The van der Waals surface area contributed by atoms with E-state index in [1.54, 1.807) is 24.3 Å². The summed E-state index contributed by atoms with van der Waals surface area (Å²) in [5.41, 5.74) is 3.07. The van der Waals surface area contributed by atoms with Crippen LogP contribution in [0.1, 0.15) is 51.4 Å². The van der Waals surface area contributed by atoms with Gasteiger partial charge in [0.25, 0.3) is 11.8 Å². The fourth-order valence-corrected chi connectivity index (χ4v) is 3.41. The van der Waals surface area contributed by atoms with Crippen LogP contribution in [0, 0.1) is 6.92 Å². The minimum absolute atomic E-state index is 0.194. The van der Waals surface area contributed by atoms with Gasteiger partial charge >= 0.3 is 0 Å². The van der Waals surface area contributed by atoms with Crippen molar-refractivity contribution in [2.24, 2.45) is 0 Å². The number of unbranched alkanes of at least 4 members (excludes halogenated alkanes) is 2. The molecule has 142 valence electrons. The van der Waals surface area contributed by atoms with Crippen molar-refractivity contribution in [3.63, 3.8) is 0 Å². The molecule has 0 bridgehead atoms. The number of carbonyl (C=O) groups excluding carboxylic acids is 2. The van der Waals surface area contributed by atoms with Gasteiger partial charge in [0, 0.05) is 18.5 Å². The van der Waals surface area contributed by atoms with Crippen molar-refractivity contribution in [1.82, 2.24) is 15.1 Å². The van der Waals surface area contributed by atoms with Gasteiger partial charge in [-0.2, -0.15) is 0 Å². The maximum atomic E-state index is 12.3. The van der Waals surface area contributed by atoms with E-state index in [1.165, 1.54) is 4.90 Å². The SMILES string of the molecule is Cc1cccc(-c2nnc(CCCCCN3C(=O)c4ccccc4C3=O)o2)c1. The van der Waals surface area contributed by atoms with Gasteiger partial charge in [-0.1, -0.05) is 36.2 Å². The van der Waals surface area contributed by atoms with E-state index >= 15 is 0 Å². The molecule has 0 atom stereocenters. The number of nitrogens with zero attached hydrogens (tertiary/aromatic N) is 3. The van der Waals surface area contributed by atoms with Crippen molar-refractivity contribution in [3.8, 4) is 11.5 Å². The van der Waals surface area contributed by atoms with Gasteiger partial charge in [-0.25, -0.2) is 0 Å². The Morgan fingerprint density at radius 3 is 2.36 bits per heavy atom. The van der Waals surface area contributed by atoms with Crippen LogP contribution in [0.2, 0.25) is 0 Å². The first-order valence-electron chi connectivity index (χ1n) is 9.48. The third-order valence-electron chi connectivity index (χ3n) is 4.88. The molecule has 4 rings (SSSR count). The summed E-state index contributed by atoms with van der Waals surface area (Å²) in [6.07, 6.45) is 3.17. The van der Waals surface area contributed by atoms with E-state index in [2.05, 4.69) is 10.2 Å². The number of carbonyl (C=O) groups is 2. The average molecular weight is 375 g/mol. The molecule has 0 saturated carbocycles. The highest BCUT2D eigenvalue weighted by Crippen LogP contribution is 2.23. The number of imide groups is 1. The predicted molar refractivity (Wildman–Crippen MR) is 104 cm³/mol. The second kappa shape index (κ2) is 7.76. The van der Waals surface area contributed by atoms with Gasteiger partial charge in [-0.15, -0.1) is 10.2 Å². The number of aryl methyl sites for hydroxylation is 2. The Labute approximate surface area is 163 Å². The minimum atomic E-state index is -0.194. The summed E-state index contributed by atoms with van der Waals surface area (Å²) in [6, 6.07) is 14.9. The first-order valence-corrected chi connectivity index (χ1v) is 9.48. The molecule has 6 heteroatoms. The molecule has 2 heterocycles. The van der Waals surface area contributed by atoms with E-state index < -0.39 is 0 Å². The molecule has 6 nitrogen and oxygen atoms in total. The molecule has 1 aliphatic rings. The third-order valence-corrected chi connectivity index (χ3v) is 4.88. The lowest BCUT2D eigenvalue weighted by Crippen LogP contribution is -2.30. The van der Waals surface area contributed by atoms with Crippen LogP contribution in [0.25, 0.3) is 11.5 Å². The van der Waals surface area contributed by atoms with E-state index in [-0.39, 0.29) is 11.8 Å². The van der Waals surface area contributed by atoms with Crippen LogP contribution in [0.15, 0.2) is 52.9 Å². The molecule has 2 aromatic carbocycles. The Morgan fingerprint density at radius 2 is 1.64 bits per heavy atom. The first-order chi connectivity index (χ1) is 13.6. The zero-order valence-corrected chi connectivity index (χ0v) is 15.7. The standard InChI is InChI=1S/C22H21N3O3/c1-15-8-7-9-16(14-15)20-24-23-19(28-20)12-3-2-6-13-25-21(26)17-10-4-5-11-18(17)22(25)27/h4-5,7-11,14H,2-3,6,12-13H2,1H3. The number of benzene rings is 2. The van der Waals surface area contributed by atoms with Crippen LogP contribution < -0.4 is 0 Å². The lowest BCUT2D eigenvalue weighted by Gasteiger charge is -2.13. The largest absolute Gasteiger partial charge is 0.421 e. The summed E-state index contributed by atoms with van der Waals surface area (Å²) in [7, 11) is 0. The molecule has 0 radical (unpaired) electrons. The van der Waals surface area contributed by atoms with Crippen molar-refractivity contribution < 1.29 is 14.0 Å². The Hall–Kier alpha value is -3.28. The van der Waals surface area contributed by atoms with E-state index in [4.69, 9.17) is 4.42 Å². The molecule has 0 fully saturated rings. The highest BCUT2D eigenvalue weighted by atomic mass is 16.4. The zero-order chi connectivity index (χ0) is 19.5. The van der Waals surface area contributed by atoms with E-state index in [0.717, 1.165) is 30.4 Å². The maximum absolute atomic E-state index is 12.3. The monoisotopic (exact) mass is 375 g/mol. The molecule has 28 heavy (non-hydrogen) atoms. The van der Waals surface area contributed by atoms with Crippen LogP contribution >= 0.6 is 0 Å². The quantitative estimate of drug-likeness (QED) is 0.460. The third kappa shape index (κ3) is 3.58. The Morgan fingerprint density at radius 1 is 0.893 bits per heavy atom. The normalized spacial score (nSPS) is 13.2. The summed E-state index contributed by atoms with van der Waals surface area (Å²) in [5, 5.41) is 8.23. The summed E-state index contributed by atoms with van der Waals surface area (Å²) >= 11 is 0. The number of amides is 2. The van der Waals surface area contributed by atoms with Crippen molar-refractivity contribution in [1.29, 1.82) is 0 Å². The Balaban J connectivity index is 1.25. The van der Waals surface area contributed by atoms with E-state index in [9.17, 15) is 9.59 Å². The molecule has 0 aliphatic carbocycles. The van der Waals surface area contributed by atoms with Gasteiger partial charge < -0.3 is 4.42 Å². The lowest BCUT2D eigenvalue weighted by molar-refractivity contribution is 0.0651. The molecule has 1 aromatic heterocycles. The molecule has 1 aliphatic heterocycles. The predicted octanol–water partition coefficient (Wildman–Crippen LogP) is 4.05. The molecule has 3 aromatic rings. The van der Waals surface area contributed by atoms with E-state index in [1.807, 2.05) is 31.2 Å². The van der Waals surface area contributed by atoms with Crippen molar-refractivity contribution in [3.05, 3.63) is 71.1 Å². The Bertz CT molecular complexity index is 990. The number of hydrogen-bond acceptors (Lipinski definition) is 5. The van der Waals surface area contributed by atoms with Gasteiger partial charge in [-0.3, -0.25) is 14.5 Å². The van der Waals surface area contributed by atoms with Crippen LogP contribution in [-0.4, -0.2) is 33.5 Å². The van der Waals surface area contributed by atoms with Gasteiger partial charge in [0.2, 0.25) is 11.8 Å². The number of fused-ring (bicyclic) bond motifs is 1. The lowest BCUT2D eigenvalue weighted by atomic mass is 10.1. The zero-order valence-electron chi connectivity index (χ0n) is 15.7. The highest BCUT2D eigenvalue weighted by Gasteiger charge is 2.34. The smallest absolute Gasteiger partial charge is 0.261 e. The number of hydrogen-bond donors (Lipinski definition) is 0. The van der Waals surface area contributed by atoms with Crippen molar-refractivity contribution >= 4 is 11.8 Å². The fraction of sp³-hybridized carbons (Fsp3) is 0.273. The van der Waals surface area contributed by atoms with Crippen molar-refractivity contribution in [2.75, 3.05) is 6.54 Å². The molecule has 2 amide bonds. The van der Waals surface area contributed by atoms with Crippen LogP contribution in [0.5, 0.6) is 0 Å². The van der Waals surface area contributed by atoms with Gasteiger partial charge in [0.05, 0.1) is 11.1 Å². The Kier molecular flexibility index (Phi) is 5.02. The number of rotatable bonds is 7. The van der Waals surface area contributed by atoms with Crippen LogP contribution in [0.3, 0.4) is 0 Å². The minimum Gasteiger partial charge on any atom is -0.421 e. The maximum Gasteiger partial charge on any atom is 0.261 e. The van der Waals surface area contributed by atoms with E-state index in [0.29, 0.717) is 35.9 Å². The molecule has 0 N–H and O–H groups in total. The second-order valence-corrected chi connectivity index (χ2v) is 6.99. The molecule has 0 spiro atoms. The van der Waals surface area contributed by atoms with Crippen molar-refractivity contribution in [2.45, 2.75) is 32.6 Å². The number of aromatic nitrogens is 2. The summed E-state index contributed by atoms with van der Waals surface area (Å²) < 4.78 is 5.74. The van der Waals surface area contributed by atoms with Crippen LogP contribution in [-0.2, 0) is 6.42 Å². The van der Waals surface area contributed by atoms with Crippen LogP contribution in [0.4, 0.5) is 0 Å². The molecule has 0 saturated heterocycles. The fourth-order valence-electron chi connectivity index (χ4n) is 3.41. The first kappa shape index (κ1) is 18.1.